The van der Waals surface area contributed by atoms with E-state index in [4.69, 9.17) is 0 Å². The predicted molar refractivity (Wildman–Crippen MR) is 118 cm³/mol. The van der Waals surface area contributed by atoms with Crippen molar-refractivity contribution in [3.8, 4) is 0 Å². The van der Waals surface area contributed by atoms with Crippen molar-refractivity contribution in [1.29, 1.82) is 0 Å². The molecular weight excluding hydrogens is 411 g/mol. The average molecular weight is 431 g/mol. The van der Waals surface area contributed by atoms with Crippen LogP contribution in [0.25, 0.3) is 16.9 Å². The van der Waals surface area contributed by atoms with Gasteiger partial charge >= 0.3 is 6.18 Å². The summed E-state index contributed by atoms with van der Waals surface area (Å²) in [6.45, 7) is 6.10. The van der Waals surface area contributed by atoms with E-state index in [1.165, 1.54) is 18.3 Å². The summed E-state index contributed by atoms with van der Waals surface area (Å²) < 4.78 is 40.2. The van der Waals surface area contributed by atoms with Gasteiger partial charge in [-0.05, 0) is 42.2 Å². The maximum absolute atomic E-state index is 12.8. The van der Waals surface area contributed by atoms with Gasteiger partial charge in [-0.1, -0.05) is 37.4 Å². The van der Waals surface area contributed by atoms with Crippen LogP contribution in [0.5, 0.6) is 0 Å². The van der Waals surface area contributed by atoms with E-state index in [9.17, 15) is 13.2 Å². The van der Waals surface area contributed by atoms with Crippen molar-refractivity contribution in [2.45, 2.75) is 18.3 Å². The molecule has 1 N–H and O–H groups in total. The van der Waals surface area contributed by atoms with Gasteiger partial charge in [-0.15, -0.1) is 0 Å². The Kier molecular flexibility index (Phi) is 6.61. The van der Waals surface area contributed by atoms with Crippen LogP contribution >= 0.6 is 11.8 Å². The number of anilines is 1. The van der Waals surface area contributed by atoms with Crippen LogP contribution in [0.1, 0.15) is 12.5 Å². The Morgan fingerprint density at radius 3 is 2.53 bits per heavy atom. The minimum absolute atomic E-state index is 0.340. The van der Waals surface area contributed by atoms with Gasteiger partial charge in [0.1, 0.15) is 5.82 Å². The molecule has 0 aliphatic rings. The van der Waals surface area contributed by atoms with E-state index in [0.717, 1.165) is 34.1 Å². The van der Waals surface area contributed by atoms with Gasteiger partial charge in [-0.25, -0.2) is 9.98 Å². The number of amidine groups is 1. The molecule has 0 radical (unpaired) electrons. The Balaban J connectivity index is 1.93. The molecule has 2 aromatic carbocycles. The molecule has 0 saturated carbocycles. The number of hydrogen-bond donors (Lipinski definition) is 1. The molecule has 0 unspecified atom stereocenters. The monoisotopic (exact) mass is 431 g/mol. The van der Waals surface area contributed by atoms with Gasteiger partial charge in [0.15, 0.2) is 11.0 Å². The Hall–Kier alpha value is -3.07. The van der Waals surface area contributed by atoms with Gasteiger partial charge in [-0.3, -0.25) is 9.56 Å². The van der Waals surface area contributed by atoms with Crippen LogP contribution in [0.4, 0.5) is 18.9 Å². The molecule has 0 fully saturated rings. The summed E-state index contributed by atoms with van der Waals surface area (Å²) in [6.07, 6.45) is -2.90. The maximum Gasteiger partial charge on any atom is 0.416 e. The first-order valence-corrected chi connectivity index (χ1v) is 10.1. The van der Waals surface area contributed by atoms with Gasteiger partial charge < -0.3 is 5.32 Å². The molecule has 0 aliphatic carbocycles. The highest BCUT2D eigenvalue weighted by molar-refractivity contribution is 7.99. The smallest absolute Gasteiger partial charge is 0.339 e. The lowest BCUT2D eigenvalue weighted by atomic mass is 10.2. The number of para-hydroxylation sites is 2. The zero-order valence-electron chi connectivity index (χ0n) is 16.4. The zero-order chi connectivity index (χ0) is 21.7. The Labute approximate surface area is 176 Å². The second-order valence-electron chi connectivity index (χ2n) is 6.15. The first-order valence-electron chi connectivity index (χ1n) is 9.08. The largest absolute Gasteiger partial charge is 0.416 e. The summed E-state index contributed by atoms with van der Waals surface area (Å²) in [7, 11) is 1.58. The third-order valence-electron chi connectivity index (χ3n) is 4.05. The van der Waals surface area contributed by atoms with Crippen LogP contribution in [-0.2, 0) is 6.18 Å². The molecule has 9 heteroatoms. The molecule has 3 rings (SSSR count). The van der Waals surface area contributed by atoms with Gasteiger partial charge in [0.05, 0.1) is 22.8 Å². The zero-order valence-corrected chi connectivity index (χ0v) is 17.3. The van der Waals surface area contributed by atoms with Crippen molar-refractivity contribution < 1.29 is 13.2 Å². The van der Waals surface area contributed by atoms with Gasteiger partial charge in [0, 0.05) is 12.7 Å². The third kappa shape index (κ3) is 4.91. The lowest BCUT2D eigenvalue weighted by molar-refractivity contribution is -0.137. The highest BCUT2D eigenvalue weighted by Crippen LogP contribution is 2.30. The predicted octanol–water partition coefficient (Wildman–Crippen LogP) is 5.81. The summed E-state index contributed by atoms with van der Waals surface area (Å²) in [4.78, 5) is 13.1. The molecule has 3 aromatic rings. The second-order valence-corrected chi connectivity index (χ2v) is 7.38. The van der Waals surface area contributed by atoms with Crippen molar-refractivity contribution in [2.24, 2.45) is 9.98 Å². The van der Waals surface area contributed by atoms with Crippen molar-refractivity contribution >= 4 is 46.4 Å². The number of hydrogen-bond acceptors (Lipinski definition) is 4. The first kappa shape index (κ1) is 21.6. The quantitative estimate of drug-likeness (QED) is 0.305. The van der Waals surface area contributed by atoms with Crippen LogP contribution in [0, 0.1) is 0 Å². The highest BCUT2D eigenvalue weighted by atomic mass is 32.2. The fraction of sp³-hybridized carbons (Fsp3) is 0.190. The fourth-order valence-electron chi connectivity index (χ4n) is 2.77. The number of aliphatic imine (C=N–C) groups is 2. The summed E-state index contributed by atoms with van der Waals surface area (Å²) in [5.74, 6) is 1.58. The van der Waals surface area contributed by atoms with Crippen LogP contribution in [0.3, 0.4) is 0 Å². The van der Waals surface area contributed by atoms with Crippen LogP contribution in [0.15, 0.2) is 70.3 Å². The van der Waals surface area contributed by atoms with Crippen molar-refractivity contribution in [3.63, 3.8) is 0 Å². The molecule has 156 valence electrons. The van der Waals surface area contributed by atoms with E-state index >= 15 is 0 Å². The average Bonchev–Trinajstić information content (AvgIpc) is 3.06. The molecular formula is C21H20F3N5S. The van der Waals surface area contributed by atoms with E-state index in [1.807, 2.05) is 35.8 Å². The molecule has 0 amide bonds. The molecule has 0 saturated heterocycles. The lowest BCUT2D eigenvalue weighted by Gasteiger charge is -2.11. The van der Waals surface area contributed by atoms with E-state index in [1.54, 1.807) is 18.8 Å². The van der Waals surface area contributed by atoms with E-state index in [2.05, 4.69) is 26.9 Å². The Morgan fingerprint density at radius 2 is 1.90 bits per heavy atom. The summed E-state index contributed by atoms with van der Waals surface area (Å²) in [6, 6.07) is 12.4. The SMILES string of the molecule is C=C(N=C(C=NC)Nc1ccc(C(F)(F)F)cc1)n1c(SCC)nc2ccccc21. The number of fused-ring (bicyclic) bond motifs is 1. The topological polar surface area (TPSA) is 54.6 Å². The first-order chi connectivity index (χ1) is 14.3. The van der Waals surface area contributed by atoms with Gasteiger partial charge in [-0.2, -0.15) is 13.2 Å². The summed E-state index contributed by atoms with van der Waals surface area (Å²) in [5.41, 5.74) is 1.43. The molecule has 1 heterocycles. The number of rotatable bonds is 6. The van der Waals surface area contributed by atoms with Crippen LogP contribution < -0.4 is 5.32 Å². The van der Waals surface area contributed by atoms with Gasteiger partial charge in [0.25, 0.3) is 0 Å². The minimum Gasteiger partial charge on any atom is -0.339 e. The molecule has 0 spiro atoms. The van der Waals surface area contributed by atoms with Gasteiger partial charge in [0.2, 0.25) is 0 Å². The number of aromatic nitrogens is 2. The van der Waals surface area contributed by atoms with Crippen molar-refractivity contribution in [3.05, 3.63) is 60.7 Å². The summed E-state index contributed by atoms with van der Waals surface area (Å²) in [5, 5.41) is 3.74. The number of alkyl halides is 3. The number of nitrogens with one attached hydrogen (secondary N) is 1. The Bertz CT molecular complexity index is 1100. The molecule has 1 aromatic heterocycles. The molecule has 0 bridgehead atoms. The second kappa shape index (κ2) is 9.17. The minimum atomic E-state index is -4.38. The molecule has 0 atom stereocenters. The number of imidazole rings is 1. The lowest BCUT2D eigenvalue weighted by Crippen LogP contribution is -2.15. The highest BCUT2D eigenvalue weighted by Gasteiger charge is 2.29. The van der Waals surface area contributed by atoms with Crippen LogP contribution in [0.2, 0.25) is 0 Å². The van der Waals surface area contributed by atoms with Crippen molar-refractivity contribution in [1.82, 2.24) is 9.55 Å². The molecule has 5 nitrogen and oxygen atoms in total. The number of halogens is 3. The normalized spacial score (nSPS) is 12.6. The standard InChI is InChI=1S/C21H20F3N5S/c1-4-30-20-28-17-7-5-6-8-18(17)29(20)14(2)26-19(13-25-3)27-16-11-9-15(10-12-16)21(22,23)24/h5-13H,2,4H2,1,3H3,(H,26,27). The van der Waals surface area contributed by atoms with E-state index in [-0.39, 0.29) is 0 Å². The number of thioether (sulfide) groups is 1. The molecule has 0 aliphatic heterocycles. The maximum atomic E-state index is 12.8. The van der Waals surface area contributed by atoms with Crippen LogP contribution in [-0.4, -0.2) is 34.4 Å². The van der Waals surface area contributed by atoms with E-state index < -0.39 is 11.7 Å². The molecule has 30 heavy (non-hydrogen) atoms. The Morgan fingerprint density at radius 1 is 1.20 bits per heavy atom. The van der Waals surface area contributed by atoms with E-state index in [0.29, 0.717) is 17.3 Å². The van der Waals surface area contributed by atoms with Crippen molar-refractivity contribution in [2.75, 3.05) is 18.1 Å². The fourth-order valence-corrected chi connectivity index (χ4v) is 3.52. The number of benzene rings is 2. The number of nitrogens with zero attached hydrogens (tertiary/aromatic N) is 4. The summed E-state index contributed by atoms with van der Waals surface area (Å²) >= 11 is 1.57. The third-order valence-corrected chi connectivity index (χ3v) is 4.87.